The Morgan fingerprint density at radius 2 is 2.24 bits per heavy atom. The maximum absolute atomic E-state index is 5.76. The molecule has 0 radical (unpaired) electrons. The van der Waals surface area contributed by atoms with Gasteiger partial charge in [-0.05, 0) is 18.3 Å². The molecular formula is C12H20N4O. The first-order valence-corrected chi connectivity index (χ1v) is 5.95. The van der Waals surface area contributed by atoms with Gasteiger partial charge in [-0.1, -0.05) is 20.3 Å². The second kappa shape index (κ2) is 4.39. The van der Waals surface area contributed by atoms with Crippen molar-refractivity contribution in [1.82, 2.24) is 9.97 Å². The van der Waals surface area contributed by atoms with Gasteiger partial charge in [-0.2, -0.15) is 0 Å². The van der Waals surface area contributed by atoms with Crippen molar-refractivity contribution in [3.63, 3.8) is 0 Å². The van der Waals surface area contributed by atoms with E-state index in [0.29, 0.717) is 23.4 Å². The zero-order valence-corrected chi connectivity index (χ0v) is 10.7. The van der Waals surface area contributed by atoms with Gasteiger partial charge >= 0.3 is 0 Å². The van der Waals surface area contributed by atoms with E-state index in [1.807, 2.05) is 0 Å². The highest BCUT2D eigenvalue weighted by Crippen LogP contribution is 2.40. The van der Waals surface area contributed by atoms with Crippen LogP contribution >= 0.6 is 0 Å². The highest BCUT2D eigenvalue weighted by molar-refractivity contribution is 5.61. The molecule has 1 unspecified atom stereocenters. The molecule has 1 saturated carbocycles. The van der Waals surface area contributed by atoms with E-state index < -0.39 is 0 Å². The number of nitrogens with two attached hydrogens (primary N) is 1. The molecule has 1 aromatic heterocycles. The number of hydrogen-bond acceptors (Lipinski definition) is 5. The van der Waals surface area contributed by atoms with Gasteiger partial charge in [0.15, 0.2) is 11.6 Å². The van der Waals surface area contributed by atoms with E-state index in [9.17, 15) is 0 Å². The number of methoxy groups -OCH3 is 1. The lowest BCUT2D eigenvalue weighted by Crippen LogP contribution is -2.31. The number of ether oxygens (including phenoxy) is 1. The Kier molecular flexibility index (Phi) is 3.09. The first-order valence-electron chi connectivity index (χ1n) is 5.95. The topological polar surface area (TPSA) is 73.1 Å². The Labute approximate surface area is 102 Å². The Morgan fingerprint density at radius 1 is 1.47 bits per heavy atom. The normalized spacial score (nSPS) is 22.4. The molecule has 1 aromatic rings. The molecule has 1 atom stereocenters. The maximum atomic E-state index is 5.76. The van der Waals surface area contributed by atoms with Gasteiger partial charge in [0.2, 0.25) is 5.75 Å². The van der Waals surface area contributed by atoms with Gasteiger partial charge in [0.1, 0.15) is 6.33 Å². The van der Waals surface area contributed by atoms with Crippen LogP contribution in [0.3, 0.4) is 0 Å². The molecule has 3 N–H and O–H groups in total. The van der Waals surface area contributed by atoms with Crippen LogP contribution in [0.5, 0.6) is 5.75 Å². The van der Waals surface area contributed by atoms with Gasteiger partial charge in [0.25, 0.3) is 0 Å². The van der Waals surface area contributed by atoms with Crippen molar-refractivity contribution < 1.29 is 4.74 Å². The molecule has 0 aromatic carbocycles. The number of aromatic nitrogens is 2. The summed E-state index contributed by atoms with van der Waals surface area (Å²) in [6.45, 7) is 4.55. The van der Waals surface area contributed by atoms with Crippen molar-refractivity contribution in [2.75, 3.05) is 18.2 Å². The standard InChI is InChI=1S/C12H20N4O/c1-12(2)6-4-5-8(12)16-11-9(17-3)10(13)14-7-15-11/h7-8H,4-6H2,1-3H3,(H3,13,14,15,16). The molecular weight excluding hydrogens is 216 g/mol. The third kappa shape index (κ3) is 2.28. The number of rotatable bonds is 3. The van der Waals surface area contributed by atoms with Crippen LogP contribution < -0.4 is 15.8 Å². The van der Waals surface area contributed by atoms with Gasteiger partial charge < -0.3 is 15.8 Å². The van der Waals surface area contributed by atoms with E-state index in [-0.39, 0.29) is 5.41 Å². The first-order chi connectivity index (χ1) is 8.04. The summed E-state index contributed by atoms with van der Waals surface area (Å²) in [6, 6.07) is 0.408. The summed E-state index contributed by atoms with van der Waals surface area (Å²) < 4.78 is 5.24. The summed E-state index contributed by atoms with van der Waals surface area (Å²) in [6.07, 6.45) is 5.09. The predicted molar refractivity (Wildman–Crippen MR) is 68.0 cm³/mol. The summed E-state index contributed by atoms with van der Waals surface area (Å²) >= 11 is 0. The average Bonchev–Trinajstić information content (AvgIpc) is 2.59. The third-order valence-electron chi connectivity index (χ3n) is 3.60. The SMILES string of the molecule is COc1c(N)ncnc1NC1CCCC1(C)C. The Balaban J connectivity index is 2.21. The van der Waals surface area contributed by atoms with Crippen molar-refractivity contribution in [1.29, 1.82) is 0 Å². The molecule has 1 aliphatic rings. The minimum absolute atomic E-state index is 0.282. The second-order valence-corrected chi connectivity index (χ2v) is 5.22. The van der Waals surface area contributed by atoms with E-state index in [1.54, 1.807) is 7.11 Å². The molecule has 94 valence electrons. The van der Waals surface area contributed by atoms with Crippen molar-refractivity contribution in [2.24, 2.45) is 5.41 Å². The molecule has 0 spiro atoms. The quantitative estimate of drug-likeness (QED) is 0.840. The van der Waals surface area contributed by atoms with Crippen LogP contribution in [-0.4, -0.2) is 23.1 Å². The zero-order chi connectivity index (χ0) is 12.5. The van der Waals surface area contributed by atoms with Gasteiger partial charge in [-0.25, -0.2) is 9.97 Å². The minimum Gasteiger partial charge on any atom is -0.490 e. The van der Waals surface area contributed by atoms with E-state index in [4.69, 9.17) is 10.5 Å². The monoisotopic (exact) mass is 236 g/mol. The molecule has 5 nitrogen and oxygen atoms in total. The van der Waals surface area contributed by atoms with Gasteiger partial charge in [-0.15, -0.1) is 0 Å². The summed E-state index contributed by atoms with van der Waals surface area (Å²) in [5.41, 5.74) is 6.04. The summed E-state index contributed by atoms with van der Waals surface area (Å²) in [5.74, 6) is 1.61. The molecule has 17 heavy (non-hydrogen) atoms. The van der Waals surface area contributed by atoms with Crippen molar-refractivity contribution in [2.45, 2.75) is 39.2 Å². The second-order valence-electron chi connectivity index (χ2n) is 5.22. The van der Waals surface area contributed by atoms with Gasteiger partial charge in [0.05, 0.1) is 7.11 Å². The van der Waals surface area contributed by atoms with Crippen LogP contribution in [0.4, 0.5) is 11.6 Å². The summed E-state index contributed by atoms with van der Waals surface area (Å²) in [4.78, 5) is 8.14. The lowest BCUT2D eigenvalue weighted by atomic mass is 9.87. The molecule has 0 amide bonds. The fourth-order valence-corrected chi connectivity index (χ4v) is 2.45. The fraction of sp³-hybridized carbons (Fsp3) is 0.667. The molecule has 1 heterocycles. The van der Waals surface area contributed by atoms with E-state index in [0.717, 1.165) is 6.42 Å². The molecule has 1 fully saturated rings. The lowest BCUT2D eigenvalue weighted by Gasteiger charge is -2.28. The Bertz CT molecular complexity index is 405. The number of nitrogen functional groups attached to an aromatic ring is 1. The largest absolute Gasteiger partial charge is 0.490 e. The Morgan fingerprint density at radius 3 is 2.82 bits per heavy atom. The lowest BCUT2D eigenvalue weighted by molar-refractivity contribution is 0.347. The zero-order valence-electron chi connectivity index (χ0n) is 10.7. The summed E-state index contributed by atoms with van der Waals surface area (Å²) in [7, 11) is 1.58. The third-order valence-corrected chi connectivity index (χ3v) is 3.60. The highest BCUT2D eigenvalue weighted by Gasteiger charge is 2.35. The van der Waals surface area contributed by atoms with Crippen molar-refractivity contribution in [3.05, 3.63) is 6.33 Å². The molecule has 2 rings (SSSR count). The molecule has 0 aliphatic heterocycles. The summed E-state index contributed by atoms with van der Waals surface area (Å²) in [5, 5.41) is 3.44. The average molecular weight is 236 g/mol. The highest BCUT2D eigenvalue weighted by atomic mass is 16.5. The van der Waals surface area contributed by atoms with Gasteiger partial charge in [-0.3, -0.25) is 0 Å². The maximum Gasteiger partial charge on any atom is 0.203 e. The van der Waals surface area contributed by atoms with E-state index >= 15 is 0 Å². The van der Waals surface area contributed by atoms with E-state index in [1.165, 1.54) is 19.2 Å². The van der Waals surface area contributed by atoms with Crippen molar-refractivity contribution in [3.8, 4) is 5.75 Å². The minimum atomic E-state index is 0.282. The first kappa shape index (κ1) is 12.0. The Hall–Kier alpha value is -1.52. The molecule has 0 saturated heterocycles. The van der Waals surface area contributed by atoms with Crippen LogP contribution in [0.15, 0.2) is 6.33 Å². The predicted octanol–water partition coefficient (Wildman–Crippen LogP) is 2.06. The number of anilines is 2. The van der Waals surface area contributed by atoms with E-state index in [2.05, 4.69) is 29.1 Å². The van der Waals surface area contributed by atoms with Crippen molar-refractivity contribution >= 4 is 11.6 Å². The van der Waals surface area contributed by atoms with Crippen LogP contribution in [0.25, 0.3) is 0 Å². The van der Waals surface area contributed by atoms with Crippen LogP contribution in [0, 0.1) is 5.41 Å². The molecule has 1 aliphatic carbocycles. The molecule has 5 heteroatoms. The van der Waals surface area contributed by atoms with Gasteiger partial charge in [0, 0.05) is 6.04 Å². The number of nitrogens with zero attached hydrogens (tertiary/aromatic N) is 2. The molecule has 0 bridgehead atoms. The smallest absolute Gasteiger partial charge is 0.203 e. The van der Waals surface area contributed by atoms with Crippen LogP contribution in [0.1, 0.15) is 33.1 Å². The number of nitrogens with one attached hydrogen (secondary N) is 1. The fourth-order valence-electron chi connectivity index (χ4n) is 2.45. The van der Waals surface area contributed by atoms with Crippen LogP contribution in [-0.2, 0) is 0 Å². The van der Waals surface area contributed by atoms with Crippen LogP contribution in [0.2, 0.25) is 0 Å². The number of hydrogen-bond donors (Lipinski definition) is 2.